The maximum Gasteiger partial charge on any atom is 0.306 e. The molecule has 0 aliphatic heterocycles. The molecule has 0 saturated carbocycles. The molecule has 0 saturated heterocycles. The lowest BCUT2D eigenvalue weighted by atomic mass is 9.90. The molecule has 3 aromatic rings. The molecule has 3 atom stereocenters. The second-order valence-corrected chi connectivity index (χ2v) is 11.6. The van der Waals surface area contributed by atoms with Crippen LogP contribution in [0.25, 0.3) is 10.9 Å². The van der Waals surface area contributed by atoms with E-state index >= 15 is 0 Å². The van der Waals surface area contributed by atoms with Gasteiger partial charge in [-0.1, -0.05) is 5.92 Å². The molecule has 4 rings (SSSR count). The Bertz CT molecular complexity index is 1770. The third kappa shape index (κ3) is 8.04. The summed E-state index contributed by atoms with van der Waals surface area (Å²) in [5.41, 5.74) is 3.52. The zero-order valence-electron chi connectivity index (χ0n) is 25.3. The van der Waals surface area contributed by atoms with E-state index in [0.29, 0.717) is 16.7 Å². The second kappa shape index (κ2) is 14.6. The number of aryl methyl sites for hydroxylation is 2. The number of anilines is 1. The first kappa shape index (κ1) is 33.6. The van der Waals surface area contributed by atoms with Crippen LogP contribution in [0.3, 0.4) is 0 Å². The van der Waals surface area contributed by atoms with Gasteiger partial charge in [-0.2, -0.15) is 0 Å². The van der Waals surface area contributed by atoms with E-state index in [1.54, 1.807) is 31.2 Å². The van der Waals surface area contributed by atoms with Crippen molar-refractivity contribution in [2.75, 3.05) is 11.4 Å². The van der Waals surface area contributed by atoms with Gasteiger partial charge in [0.05, 0.1) is 35.3 Å². The molecule has 1 aromatic heterocycles. The Hall–Kier alpha value is -5.31. The number of aromatic amines is 1. The summed E-state index contributed by atoms with van der Waals surface area (Å²) in [7, 11) is 0. The van der Waals surface area contributed by atoms with Gasteiger partial charge < -0.3 is 25.2 Å². The minimum atomic E-state index is -1.29. The Kier molecular flexibility index (Phi) is 10.7. The topological polar surface area (TPSA) is 195 Å². The molecule has 0 spiro atoms. The number of nitrogens with zero attached hydrogens (tertiary/aromatic N) is 2. The van der Waals surface area contributed by atoms with Crippen molar-refractivity contribution in [3.05, 3.63) is 69.3 Å². The minimum Gasteiger partial charge on any atom is -0.481 e. The highest BCUT2D eigenvalue weighted by Crippen LogP contribution is 2.39. The minimum absolute atomic E-state index is 0.114. The number of Topliss-reactive ketones (excluding diaryl/α,β-unsaturated/α-hetero) is 2. The quantitative estimate of drug-likeness (QED) is 0.132. The number of aliphatic carboxylic acids is 3. The van der Waals surface area contributed by atoms with Crippen LogP contribution in [0.1, 0.15) is 78.3 Å². The van der Waals surface area contributed by atoms with Crippen LogP contribution in [-0.2, 0) is 25.6 Å². The van der Waals surface area contributed by atoms with Gasteiger partial charge in [0.25, 0.3) is 5.56 Å². The first-order valence-electron chi connectivity index (χ1n) is 14.9. The van der Waals surface area contributed by atoms with Crippen LogP contribution in [0.2, 0.25) is 0 Å². The largest absolute Gasteiger partial charge is 0.481 e. The molecule has 46 heavy (non-hydrogen) atoms. The molecule has 4 N–H and O–H groups in total. The van der Waals surface area contributed by atoms with Crippen molar-refractivity contribution in [1.82, 2.24) is 9.97 Å². The fourth-order valence-electron chi connectivity index (χ4n) is 5.96. The Morgan fingerprint density at radius 2 is 1.65 bits per heavy atom. The van der Waals surface area contributed by atoms with E-state index in [1.807, 2.05) is 17.0 Å². The second-order valence-electron chi connectivity index (χ2n) is 11.6. The predicted molar refractivity (Wildman–Crippen MR) is 168 cm³/mol. The van der Waals surface area contributed by atoms with Crippen molar-refractivity contribution >= 4 is 46.1 Å². The molecule has 0 bridgehead atoms. The first-order valence-corrected chi connectivity index (χ1v) is 14.9. The van der Waals surface area contributed by atoms with Gasteiger partial charge in [0.2, 0.25) is 0 Å². The number of carbonyl (C=O) groups is 5. The molecule has 1 aliphatic carbocycles. The fourth-order valence-corrected chi connectivity index (χ4v) is 5.96. The van der Waals surface area contributed by atoms with E-state index < -0.39 is 54.2 Å². The van der Waals surface area contributed by atoms with Crippen LogP contribution >= 0.6 is 0 Å². The Balaban J connectivity index is 1.43. The molecule has 2 aromatic carbocycles. The molecular formula is C34H35N3O9. The summed E-state index contributed by atoms with van der Waals surface area (Å²) >= 11 is 0. The number of hydrogen-bond donors (Lipinski definition) is 4. The average molecular weight is 630 g/mol. The number of H-pyrrole nitrogens is 1. The standard InChI is InChI=1S/C34H35N3O9/c1-3-14-37(29-12-7-21-16-28-27(18-26(21)29)32(42)36-19(2)35-28)24-9-4-20(5-10-24)30(39)17-23(34(45)46)6-11-25(38)15-22(33(43)44)8-13-31(40)41/h1,4-5,9-10,16,18,22-23,29H,6-8,11-15,17H2,2H3,(H,40,41)(H,43,44)(H,45,46)(H,35,36,42)/t22-,23+,29?/m0/s1. The highest BCUT2D eigenvalue weighted by atomic mass is 16.4. The van der Waals surface area contributed by atoms with Crippen LogP contribution in [0.4, 0.5) is 5.69 Å². The highest BCUT2D eigenvalue weighted by molar-refractivity contribution is 5.98. The smallest absolute Gasteiger partial charge is 0.306 e. The molecule has 1 heterocycles. The van der Waals surface area contributed by atoms with E-state index in [2.05, 4.69) is 15.9 Å². The average Bonchev–Trinajstić information content (AvgIpc) is 3.41. The first-order chi connectivity index (χ1) is 21.9. The van der Waals surface area contributed by atoms with Gasteiger partial charge in [0.15, 0.2) is 5.78 Å². The van der Waals surface area contributed by atoms with Gasteiger partial charge in [-0.3, -0.25) is 28.8 Å². The monoisotopic (exact) mass is 629 g/mol. The Morgan fingerprint density at radius 3 is 2.28 bits per heavy atom. The van der Waals surface area contributed by atoms with Crippen molar-refractivity contribution in [1.29, 1.82) is 0 Å². The summed E-state index contributed by atoms with van der Waals surface area (Å²) < 4.78 is 0. The van der Waals surface area contributed by atoms with Crippen LogP contribution in [-0.4, -0.2) is 61.3 Å². The summed E-state index contributed by atoms with van der Waals surface area (Å²) in [6, 6.07) is 10.4. The number of terminal acetylenes is 1. The van der Waals surface area contributed by atoms with E-state index in [1.165, 1.54) is 0 Å². The molecule has 1 unspecified atom stereocenters. The van der Waals surface area contributed by atoms with Crippen molar-refractivity contribution < 1.29 is 39.3 Å². The number of benzene rings is 2. The van der Waals surface area contributed by atoms with Crippen LogP contribution in [0.15, 0.2) is 41.2 Å². The summed E-state index contributed by atoms with van der Waals surface area (Å²) in [5, 5.41) is 28.3. The maximum absolute atomic E-state index is 13.1. The predicted octanol–water partition coefficient (Wildman–Crippen LogP) is 3.94. The van der Waals surface area contributed by atoms with Crippen LogP contribution in [0.5, 0.6) is 0 Å². The highest BCUT2D eigenvalue weighted by Gasteiger charge is 2.30. The maximum atomic E-state index is 13.1. The number of carbonyl (C=O) groups excluding carboxylic acids is 2. The molecule has 0 radical (unpaired) electrons. The summed E-state index contributed by atoms with van der Waals surface area (Å²) in [5.74, 6) is -3.78. The van der Waals surface area contributed by atoms with E-state index in [0.717, 1.165) is 29.7 Å². The van der Waals surface area contributed by atoms with E-state index in [9.17, 15) is 39.0 Å². The lowest BCUT2D eigenvalue weighted by Crippen LogP contribution is -2.28. The number of carboxylic acids is 3. The Morgan fingerprint density at radius 1 is 1.00 bits per heavy atom. The molecule has 0 fully saturated rings. The number of carboxylic acid groups (broad SMARTS) is 3. The molecule has 12 heteroatoms. The third-order valence-electron chi connectivity index (χ3n) is 8.37. The summed E-state index contributed by atoms with van der Waals surface area (Å²) in [6.07, 6.45) is 5.46. The molecule has 12 nitrogen and oxygen atoms in total. The van der Waals surface area contributed by atoms with Crippen molar-refractivity contribution in [3.8, 4) is 12.3 Å². The van der Waals surface area contributed by atoms with Crippen LogP contribution in [0, 0.1) is 31.1 Å². The van der Waals surface area contributed by atoms with Gasteiger partial charge in [0.1, 0.15) is 11.6 Å². The lowest BCUT2D eigenvalue weighted by Gasteiger charge is -2.30. The van der Waals surface area contributed by atoms with Crippen LogP contribution < -0.4 is 10.5 Å². The van der Waals surface area contributed by atoms with Crippen molar-refractivity contribution in [3.63, 3.8) is 0 Å². The number of aromatic nitrogens is 2. The summed E-state index contributed by atoms with van der Waals surface area (Å²) in [6.45, 7) is 2.00. The third-order valence-corrected chi connectivity index (χ3v) is 8.37. The molecule has 1 aliphatic rings. The number of fused-ring (bicyclic) bond motifs is 2. The number of hydrogen-bond acceptors (Lipinski definition) is 8. The molecular weight excluding hydrogens is 594 g/mol. The van der Waals surface area contributed by atoms with Gasteiger partial charge >= 0.3 is 17.9 Å². The SMILES string of the molecule is C#CCN(c1ccc(C(=O)C[C@@H](CCC(=O)C[C@H](CCC(=O)O)C(=O)O)C(=O)O)cc1)C1CCc2cc3nc(C)[nH]c(=O)c3cc21. The van der Waals surface area contributed by atoms with Crippen molar-refractivity contribution in [2.24, 2.45) is 11.8 Å². The van der Waals surface area contributed by atoms with Gasteiger partial charge in [0, 0.05) is 36.9 Å². The van der Waals surface area contributed by atoms with E-state index in [-0.39, 0.29) is 49.4 Å². The van der Waals surface area contributed by atoms with Gasteiger partial charge in [-0.05, 0) is 80.1 Å². The number of rotatable bonds is 16. The number of ketones is 2. The van der Waals surface area contributed by atoms with Gasteiger partial charge in [-0.25, -0.2) is 4.98 Å². The normalized spacial score (nSPS) is 15.0. The lowest BCUT2D eigenvalue weighted by molar-refractivity contribution is -0.146. The molecule has 240 valence electrons. The zero-order valence-corrected chi connectivity index (χ0v) is 25.3. The van der Waals surface area contributed by atoms with Crippen molar-refractivity contribution in [2.45, 2.75) is 64.3 Å². The van der Waals surface area contributed by atoms with E-state index in [4.69, 9.17) is 11.5 Å². The zero-order chi connectivity index (χ0) is 33.5. The fraction of sp³-hybridized carbons (Fsp3) is 0.382. The van der Waals surface area contributed by atoms with Gasteiger partial charge in [-0.15, -0.1) is 6.42 Å². The summed E-state index contributed by atoms with van der Waals surface area (Å²) in [4.78, 5) is 81.3. The Labute approximate surface area is 264 Å². The number of nitrogens with one attached hydrogen (secondary N) is 1. The molecule has 0 amide bonds.